The van der Waals surface area contributed by atoms with E-state index < -0.39 is 0 Å². The number of anilines is 1. The van der Waals surface area contributed by atoms with Gasteiger partial charge in [-0.1, -0.05) is 0 Å². The molecule has 4 atom stereocenters. The number of rotatable bonds is 2. The molecule has 3 N–H and O–H groups in total. The van der Waals surface area contributed by atoms with E-state index in [-0.39, 0.29) is 6.03 Å². The van der Waals surface area contributed by atoms with Crippen LogP contribution in [0.3, 0.4) is 0 Å². The molecule has 84 valence electrons. The minimum absolute atomic E-state index is 0.155. The van der Waals surface area contributed by atoms with Crippen molar-refractivity contribution in [2.45, 2.75) is 18.9 Å². The highest BCUT2D eigenvalue weighted by Crippen LogP contribution is 2.69. The van der Waals surface area contributed by atoms with Gasteiger partial charge in [-0.2, -0.15) is 10.3 Å². The van der Waals surface area contributed by atoms with E-state index >= 15 is 0 Å². The number of nitrogens with one attached hydrogen (secondary N) is 3. The van der Waals surface area contributed by atoms with E-state index in [1.165, 1.54) is 19.0 Å². The zero-order valence-electron chi connectivity index (χ0n) is 8.68. The summed E-state index contributed by atoms with van der Waals surface area (Å²) in [5.41, 5.74) is 0. The Morgan fingerprint density at radius 1 is 1.31 bits per heavy atom. The van der Waals surface area contributed by atoms with Crippen LogP contribution in [0.5, 0.6) is 0 Å². The van der Waals surface area contributed by atoms with Crippen LogP contribution in [0, 0.1) is 23.7 Å². The highest BCUT2D eigenvalue weighted by Gasteiger charge is 2.67. The third-order valence-electron chi connectivity index (χ3n) is 4.21. The molecule has 0 bridgehead atoms. The summed E-state index contributed by atoms with van der Waals surface area (Å²) in [5.74, 6) is 3.82. The van der Waals surface area contributed by atoms with Gasteiger partial charge in [-0.3, -0.25) is 5.32 Å². The van der Waals surface area contributed by atoms with E-state index in [1.807, 2.05) is 0 Å². The summed E-state index contributed by atoms with van der Waals surface area (Å²) in [7, 11) is 0. The number of hydrogen-bond donors (Lipinski definition) is 3. The summed E-state index contributed by atoms with van der Waals surface area (Å²) < 4.78 is 0. The molecule has 6 heteroatoms. The van der Waals surface area contributed by atoms with Gasteiger partial charge in [-0.05, 0) is 36.5 Å². The second-order valence-electron chi connectivity index (χ2n) is 5.11. The van der Waals surface area contributed by atoms with Crippen LogP contribution >= 0.6 is 0 Å². The zero-order chi connectivity index (χ0) is 10.7. The molecule has 3 fully saturated rings. The third-order valence-corrected chi connectivity index (χ3v) is 4.21. The maximum atomic E-state index is 11.7. The van der Waals surface area contributed by atoms with Crippen molar-refractivity contribution in [1.29, 1.82) is 0 Å². The summed E-state index contributed by atoms with van der Waals surface area (Å²) in [6.07, 6.45) is 4.13. The molecule has 1 heterocycles. The van der Waals surface area contributed by atoms with Crippen LogP contribution in [0.25, 0.3) is 0 Å². The predicted molar refractivity (Wildman–Crippen MR) is 55.5 cm³/mol. The van der Waals surface area contributed by atoms with E-state index in [1.54, 1.807) is 0 Å². The smallest absolute Gasteiger partial charge is 0.320 e. The first-order valence-corrected chi connectivity index (χ1v) is 5.76. The SMILES string of the molecule is O=C(Nc1cn[nH]n1)NC1[C@@H]2C[C@@H]2[C@H]2C[C@@H]12. The Hall–Kier alpha value is -1.59. The van der Waals surface area contributed by atoms with Gasteiger partial charge in [0.15, 0.2) is 5.82 Å². The van der Waals surface area contributed by atoms with Crippen molar-refractivity contribution in [3.8, 4) is 0 Å². The van der Waals surface area contributed by atoms with E-state index in [0.29, 0.717) is 11.9 Å². The lowest BCUT2D eigenvalue weighted by Crippen LogP contribution is -2.40. The van der Waals surface area contributed by atoms with Gasteiger partial charge in [-0.25, -0.2) is 4.79 Å². The van der Waals surface area contributed by atoms with Crippen molar-refractivity contribution in [3.63, 3.8) is 0 Å². The summed E-state index contributed by atoms with van der Waals surface area (Å²) in [6, 6.07) is 0.249. The first-order valence-electron chi connectivity index (χ1n) is 5.76. The minimum Gasteiger partial charge on any atom is -0.335 e. The summed E-state index contributed by atoms with van der Waals surface area (Å²) >= 11 is 0. The number of hydrogen-bond acceptors (Lipinski definition) is 3. The second-order valence-corrected chi connectivity index (χ2v) is 5.11. The van der Waals surface area contributed by atoms with Crippen LogP contribution in [-0.2, 0) is 0 Å². The van der Waals surface area contributed by atoms with Crippen LogP contribution in [0.15, 0.2) is 6.20 Å². The average molecular weight is 219 g/mol. The van der Waals surface area contributed by atoms with Crippen molar-refractivity contribution in [3.05, 3.63) is 6.20 Å². The van der Waals surface area contributed by atoms with Crippen molar-refractivity contribution in [2.24, 2.45) is 23.7 Å². The highest BCUT2D eigenvalue weighted by molar-refractivity contribution is 5.88. The molecule has 1 aromatic rings. The van der Waals surface area contributed by atoms with Crippen LogP contribution < -0.4 is 10.6 Å². The monoisotopic (exact) mass is 219 g/mol. The van der Waals surface area contributed by atoms with Crippen molar-refractivity contribution in [1.82, 2.24) is 20.7 Å². The van der Waals surface area contributed by atoms with Crippen molar-refractivity contribution < 1.29 is 4.79 Å². The Labute approximate surface area is 92.2 Å². The van der Waals surface area contributed by atoms with Crippen LogP contribution in [0.2, 0.25) is 0 Å². The van der Waals surface area contributed by atoms with Crippen LogP contribution in [0.1, 0.15) is 12.8 Å². The zero-order valence-corrected chi connectivity index (χ0v) is 8.68. The molecule has 3 aliphatic carbocycles. The fraction of sp³-hybridized carbons (Fsp3) is 0.700. The Morgan fingerprint density at radius 3 is 2.69 bits per heavy atom. The number of nitrogens with zero attached hydrogens (tertiary/aromatic N) is 2. The number of carbonyl (C=O) groups excluding carboxylic acids is 1. The van der Waals surface area contributed by atoms with E-state index in [0.717, 1.165) is 23.7 Å². The Balaban J connectivity index is 1.39. The largest absolute Gasteiger partial charge is 0.335 e. The molecule has 0 unspecified atom stereocenters. The maximum Gasteiger partial charge on any atom is 0.320 e. The number of fused-ring (bicyclic) bond motifs is 3. The van der Waals surface area contributed by atoms with Gasteiger partial charge >= 0.3 is 6.03 Å². The average Bonchev–Trinajstić information content (AvgIpc) is 3.13. The van der Waals surface area contributed by atoms with Crippen molar-refractivity contribution in [2.75, 3.05) is 5.32 Å². The molecule has 4 rings (SSSR count). The summed E-state index contributed by atoms with van der Waals surface area (Å²) in [4.78, 5) is 11.7. The highest BCUT2D eigenvalue weighted by atomic mass is 16.2. The molecule has 16 heavy (non-hydrogen) atoms. The van der Waals surface area contributed by atoms with Gasteiger partial charge in [0.2, 0.25) is 0 Å². The normalized spacial score (nSPS) is 42.1. The lowest BCUT2D eigenvalue weighted by Gasteiger charge is -2.15. The molecular weight excluding hydrogens is 206 g/mol. The van der Waals surface area contributed by atoms with Crippen LogP contribution in [-0.4, -0.2) is 27.5 Å². The van der Waals surface area contributed by atoms with Crippen molar-refractivity contribution >= 4 is 11.8 Å². The molecule has 0 radical (unpaired) electrons. The first kappa shape index (κ1) is 8.55. The lowest BCUT2D eigenvalue weighted by molar-refractivity contribution is 0.245. The standard InChI is InChI=1S/C10H13N5O/c16-10(12-8-3-11-15-14-8)13-9-6-1-4(6)5-2-7(5)9/h3-7,9H,1-2H2,(H3,11,12,13,14,15,16)/t4-,5-,6-,7-/m1/s1. The lowest BCUT2D eigenvalue weighted by atomic mass is 10.1. The van der Waals surface area contributed by atoms with Crippen LogP contribution in [0.4, 0.5) is 10.6 Å². The fourth-order valence-electron chi connectivity index (χ4n) is 3.38. The van der Waals surface area contributed by atoms with Gasteiger partial charge in [0, 0.05) is 6.04 Å². The molecule has 2 amide bonds. The predicted octanol–water partition coefficient (Wildman–Crippen LogP) is 0.581. The number of carbonyl (C=O) groups is 1. The van der Waals surface area contributed by atoms with Gasteiger partial charge in [0.05, 0.1) is 6.20 Å². The molecule has 3 saturated carbocycles. The molecule has 0 saturated heterocycles. The molecule has 0 aliphatic heterocycles. The topological polar surface area (TPSA) is 82.7 Å². The number of H-pyrrole nitrogens is 1. The number of aromatic amines is 1. The molecule has 0 aromatic carbocycles. The summed E-state index contributed by atoms with van der Waals surface area (Å²) in [5, 5.41) is 15.6. The molecule has 6 nitrogen and oxygen atoms in total. The fourth-order valence-corrected chi connectivity index (χ4v) is 3.38. The molecular formula is C10H13N5O. The minimum atomic E-state index is -0.155. The molecule has 3 aliphatic rings. The van der Waals surface area contributed by atoms with Gasteiger partial charge < -0.3 is 5.32 Å². The number of amides is 2. The second kappa shape index (κ2) is 2.75. The Kier molecular flexibility index (Phi) is 1.47. The third kappa shape index (κ3) is 1.15. The quantitative estimate of drug-likeness (QED) is 0.680. The molecule has 0 spiro atoms. The van der Waals surface area contributed by atoms with Gasteiger partial charge in [0.1, 0.15) is 0 Å². The summed E-state index contributed by atoms with van der Waals surface area (Å²) in [6.45, 7) is 0. The Morgan fingerprint density at radius 2 is 2.06 bits per heavy atom. The number of aromatic nitrogens is 3. The van der Waals surface area contributed by atoms with E-state index in [9.17, 15) is 4.79 Å². The van der Waals surface area contributed by atoms with E-state index in [2.05, 4.69) is 26.0 Å². The first-order chi connectivity index (χ1) is 7.83. The van der Waals surface area contributed by atoms with Gasteiger partial charge in [-0.15, -0.1) is 5.10 Å². The Bertz CT molecular complexity index is 414. The van der Waals surface area contributed by atoms with Gasteiger partial charge in [0.25, 0.3) is 0 Å². The number of urea groups is 1. The molecule has 1 aromatic heterocycles. The van der Waals surface area contributed by atoms with E-state index in [4.69, 9.17) is 0 Å². The maximum absolute atomic E-state index is 11.7.